The molecule has 0 amide bonds. The van der Waals surface area contributed by atoms with E-state index in [0.717, 1.165) is 0 Å². The third kappa shape index (κ3) is 1.31. The standard InChI is InChI=1S/C8H5F2O2/c9-8(10)11-7(12-8)6-4-2-1-3-5-6/h1-5H. The summed E-state index contributed by atoms with van der Waals surface area (Å²) in [4.78, 5) is 0. The van der Waals surface area contributed by atoms with Crippen molar-refractivity contribution in [2.24, 2.45) is 0 Å². The maximum Gasteiger partial charge on any atom is 0.491 e. The summed E-state index contributed by atoms with van der Waals surface area (Å²) in [5.41, 5.74) is 0.517. The second kappa shape index (κ2) is 2.50. The maximum absolute atomic E-state index is 12.0. The summed E-state index contributed by atoms with van der Waals surface area (Å²) in [6.07, 6.45) is -3.56. The quantitative estimate of drug-likeness (QED) is 0.644. The van der Waals surface area contributed by atoms with Gasteiger partial charge in [0.05, 0.1) is 0 Å². The molecule has 0 unspecified atom stereocenters. The number of hydrogen-bond acceptors (Lipinski definition) is 2. The van der Waals surface area contributed by atoms with E-state index in [1.165, 1.54) is 0 Å². The fourth-order valence-corrected chi connectivity index (χ4v) is 0.916. The van der Waals surface area contributed by atoms with Crippen LogP contribution in [0.25, 0.3) is 0 Å². The van der Waals surface area contributed by atoms with Crippen LogP contribution < -0.4 is 0 Å². The molecule has 1 aliphatic rings. The summed E-state index contributed by atoms with van der Waals surface area (Å²) in [6, 6.07) is 8.47. The Bertz CT molecular complexity index is 266. The highest BCUT2D eigenvalue weighted by Gasteiger charge is 2.51. The molecule has 0 saturated carbocycles. The first-order valence-electron chi connectivity index (χ1n) is 3.36. The van der Waals surface area contributed by atoms with E-state index < -0.39 is 6.29 Å². The van der Waals surface area contributed by atoms with Gasteiger partial charge in [-0.2, -0.15) is 0 Å². The zero-order valence-corrected chi connectivity index (χ0v) is 5.96. The number of benzene rings is 1. The minimum Gasteiger partial charge on any atom is -0.252 e. The normalized spacial score (nSPS) is 21.8. The largest absolute Gasteiger partial charge is 0.491 e. The summed E-state index contributed by atoms with van der Waals surface area (Å²) in [5.74, 6) is 0. The molecule has 1 heterocycles. The Kier molecular flexibility index (Phi) is 1.59. The zero-order chi connectivity index (χ0) is 8.60. The summed E-state index contributed by atoms with van der Waals surface area (Å²) < 4.78 is 32.2. The Hall–Kier alpha value is -1.00. The van der Waals surface area contributed by atoms with E-state index in [1.54, 1.807) is 30.3 Å². The monoisotopic (exact) mass is 171 g/mol. The van der Waals surface area contributed by atoms with Gasteiger partial charge in [-0.25, -0.2) is 0 Å². The number of hydrogen-bond donors (Lipinski definition) is 0. The zero-order valence-electron chi connectivity index (χ0n) is 5.96. The van der Waals surface area contributed by atoms with Gasteiger partial charge in [0, 0.05) is 5.56 Å². The molecular weight excluding hydrogens is 166 g/mol. The summed E-state index contributed by atoms with van der Waals surface area (Å²) >= 11 is 0. The molecule has 1 aromatic rings. The van der Waals surface area contributed by atoms with Crippen LogP contribution >= 0.6 is 0 Å². The van der Waals surface area contributed by atoms with Gasteiger partial charge in [0.15, 0.2) is 0 Å². The smallest absolute Gasteiger partial charge is 0.252 e. The van der Waals surface area contributed by atoms with Crippen LogP contribution in [-0.2, 0) is 9.47 Å². The lowest BCUT2D eigenvalue weighted by molar-refractivity contribution is -0.497. The first kappa shape index (κ1) is 7.64. The molecule has 1 saturated heterocycles. The third-order valence-electron chi connectivity index (χ3n) is 1.43. The molecule has 12 heavy (non-hydrogen) atoms. The van der Waals surface area contributed by atoms with Crippen molar-refractivity contribution in [1.29, 1.82) is 0 Å². The molecule has 2 rings (SSSR count). The molecule has 2 nitrogen and oxygen atoms in total. The molecule has 0 aliphatic carbocycles. The number of alkyl halides is 2. The van der Waals surface area contributed by atoms with Crippen LogP contribution in [0.4, 0.5) is 8.78 Å². The fraction of sp³-hybridized carbons (Fsp3) is 0.125. The highest BCUT2D eigenvalue weighted by atomic mass is 19.3. The van der Waals surface area contributed by atoms with Gasteiger partial charge in [-0.1, -0.05) is 30.3 Å². The average Bonchev–Trinajstić information content (AvgIpc) is 2.02. The second-order valence-corrected chi connectivity index (χ2v) is 2.32. The molecule has 63 valence electrons. The van der Waals surface area contributed by atoms with Crippen molar-refractivity contribution in [1.82, 2.24) is 0 Å². The molecular formula is C8H5F2O2. The molecule has 4 heteroatoms. The van der Waals surface area contributed by atoms with Crippen LogP contribution in [0, 0.1) is 6.29 Å². The van der Waals surface area contributed by atoms with E-state index in [4.69, 9.17) is 0 Å². The Morgan fingerprint density at radius 1 is 1.00 bits per heavy atom. The molecule has 1 fully saturated rings. The van der Waals surface area contributed by atoms with Crippen molar-refractivity contribution in [3.63, 3.8) is 0 Å². The molecule has 1 aliphatic heterocycles. The lowest BCUT2D eigenvalue weighted by atomic mass is 10.2. The van der Waals surface area contributed by atoms with Crippen LogP contribution in [0.15, 0.2) is 30.3 Å². The van der Waals surface area contributed by atoms with E-state index in [2.05, 4.69) is 9.47 Å². The Morgan fingerprint density at radius 2 is 1.58 bits per heavy atom. The molecule has 0 N–H and O–H groups in total. The van der Waals surface area contributed by atoms with E-state index in [1.807, 2.05) is 0 Å². The Morgan fingerprint density at radius 3 is 2.08 bits per heavy atom. The van der Waals surface area contributed by atoms with Gasteiger partial charge in [-0.15, -0.1) is 8.78 Å². The molecule has 1 aromatic carbocycles. The van der Waals surface area contributed by atoms with Gasteiger partial charge in [-0.05, 0) is 0 Å². The molecule has 0 bridgehead atoms. The van der Waals surface area contributed by atoms with E-state index in [9.17, 15) is 8.78 Å². The Balaban J connectivity index is 2.06. The van der Waals surface area contributed by atoms with Gasteiger partial charge in [0.25, 0.3) is 6.29 Å². The van der Waals surface area contributed by atoms with Gasteiger partial charge in [-0.3, -0.25) is 9.47 Å². The average molecular weight is 171 g/mol. The Labute approximate surface area is 67.7 Å². The molecule has 0 aromatic heterocycles. The molecule has 0 atom stereocenters. The first-order valence-corrected chi connectivity index (χ1v) is 3.36. The first-order chi connectivity index (χ1) is 5.67. The van der Waals surface area contributed by atoms with Crippen molar-refractivity contribution in [2.45, 2.75) is 6.29 Å². The van der Waals surface area contributed by atoms with Gasteiger partial charge in [0.2, 0.25) is 0 Å². The number of halogens is 2. The van der Waals surface area contributed by atoms with Crippen LogP contribution in [0.3, 0.4) is 0 Å². The summed E-state index contributed by atoms with van der Waals surface area (Å²) in [7, 11) is 0. The van der Waals surface area contributed by atoms with Crippen LogP contribution in [0.5, 0.6) is 0 Å². The number of ether oxygens (including phenoxy) is 2. The summed E-state index contributed by atoms with van der Waals surface area (Å²) in [5, 5.41) is 0. The molecule has 0 spiro atoms. The minimum atomic E-state index is -3.44. The van der Waals surface area contributed by atoms with Crippen LogP contribution in [0.1, 0.15) is 5.56 Å². The third-order valence-corrected chi connectivity index (χ3v) is 1.43. The van der Waals surface area contributed by atoms with Gasteiger partial charge in [0.1, 0.15) is 0 Å². The number of rotatable bonds is 1. The van der Waals surface area contributed by atoms with Crippen LogP contribution in [-0.4, -0.2) is 6.29 Å². The lowest BCUT2D eigenvalue weighted by Crippen LogP contribution is -2.41. The van der Waals surface area contributed by atoms with Crippen molar-refractivity contribution < 1.29 is 18.3 Å². The van der Waals surface area contributed by atoms with Crippen molar-refractivity contribution in [3.8, 4) is 0 Å². The predicted molar refractivity (Wildman–Crippen MR) is 35.9 cm³/mol. The lowest BCUT2D eigenvalue weighted by Gasteiger charge is -2.32. The highest BCUT2D eigenvalue weighted by Crippen LogP contribution is 2.40. The van der Waals surface area contributed by atoms with Crippen molar-refractivity contribution in [3.05, 3.63) is 42.2 Å². The SMILES string of the molecule is FC1(F)O[C](c2ccccc2)O1. The summed E-state index contributed by atoms with van der Waals surface area (Å²) in [6.45, 7) is 0. The second-order valence-electron chi connectivity index (χ2n) is 2.32. The topological polar surface area (TPSA) is 18.5 Å². The highest BCUT2D eigenvalue weighted by molar-refractivity contribution is 5.25. The van der Waals surface area contributed by atoms with E-state index in [0.29, 0.717) is 5.56 Å². The van der Waals surface area contributed by atoms with Crippen molar-refractivity contribution >= 4 is 0 Å². The fourth-order valence-electron chi connectivity index (χ4n) is 0.916. The maximum atomic E-state index is 12.0. The predicted octanol–water partition coefficient (Wildman–Crippen LogP) is 2.12. The van der Waals surface area contributed by atoms with Gasteiger partial charge >= 0.3 is 6.29 Å². The molecule has 1 radical (unpaired) electrons. The minimum absolute atomic E-state index is 0.124. The van der Waals surface area contributed by atoms with Gasteiger partial charge < -0.3 is 0 Å². The van der Waals surface area contributed by atoms with E-state index >= 15 is 0 Å². The van der Waals surface area contributed by atoms with E-state index in [-0.39, 0.29) is 6.29 Å². The van der Waals surface area contributed by atoms with Crippen molar-refractivity contribution in [2.75, 3.05) is 0 Å². The van der Waals surface area contributed by atoms with Crippen LogP contribution in [0.2, 0.25) is 0 Å².